The zero-order chi connectivity index (χ0) is 19.8. The minimum atomic E-state index is -1.14. The largest absolute Gasteiger partial charge is 0.341 e. The Morgan fingerprint density at radius 2 is 1.85 bits per heavy atom. The van der Waals surface area contributed by atoms with Crippen LogP contribution in [-0.4, -0.2) is 47.3 Å². The van der Waals surface area contributed by atoms with Gasteiger partial charge < -0.3 is 10.2 Å². The third kappa shape index (κ3) is 3.57. The van der Waals surface area contributed by atoms with Gasteiger partial charge in [-0.05, 0) is 56.6 Å². The first-order valence-corrected chi connectivity index (χ1v) is 9.70. The van der Waals surface area contributed by atoms with Crippen LogP contribution in [-0.2, 0) is 15.1 Å². The molecule has 146 valence electrons. The molecule has 3 rings (SSSR count). The van der Waals surface area contributed by atoms with Crippen molar-refractivity contribution in [1.29, 1.82) is 0 Å². The summed E-state index contributed by atoms with van der Waals surface area (Å²) in [4.78, 5) is 41.0. The number of hydrogen-bond donors (Lipinski definition) is 1. The van der Waals surface area contributed by atoms with Crippen molar-refractivity contribution in [2.24, 2.45) is 5.92 Å². The molecule has 2 fully saturated rings. The Balaban J connectivity index is 1.72. The number of carbonyl (C=O) groups excluding carboxylic acids is 3. The summed E-state index contributed by atoms with van der Waals surface area (Å²) in [5.74, 6) is 0.137. The summed E-state index contributed by atoms with van der Waals surface area (Å²) >= 11 is 0. The van der Waals surface area contributed by atoms with Crippen LogP contribution < -0.4 is 5.32 Å². The number of aryl methyl sites for hydroxylation is 1. The van der Waals surface area contributed by atoms with Gasteiger partial charge >= 0.3 is 6.03 Å². The van der Waals surface area contributed by atoms with E-state index in [0.717, 1.165) is 41.7 Å². The number of benzene rings is 1. The molecule has 1 saturated heterocycles. The van der Waals surface area contributed by atoms with Gasteiger partial charge in [-0.15, -0.1) is 0 Å². The van der Waals surface area contributed by atoms with E-state index in [0.29, 0.717) is 5.92 Å². The minimum absolute atomic E-state index is 0.188. The number of urea groups is 1. The molecule has 1 aromatic rings. The molecule has 0 spiro atoms. The van der Waals surface area contributed by atoms with Gasteiger partial charge in [0, 0.05) is 13.1 Å². The lowest BCUT2D eigenvalue weighted by Gasteiger charge is -2.34. The Morgan fingerprint density at radius 1 is 1.22 bits per heavy atom. The van der Waals surface area contributed by atoms with Gasteiger partial charge in [-0.1, -0.05) is 31.2 Å². The summed E-state index contributed by atoms with van der Waals surface area (Å²) in [6, 6.07) is 7.17. The predicted octanol–water partition coefficient (Wildman–Crippen LogP) is 2.80. The molecule has 0 bridgehead atoms. The lowest BCUT2D eigenvalue weighted by atomic mass is 9.86. The van der Waals surface area contributed by atoms with Crippen LogP contribution in [0.2, 0.25) is 0 Å². The molecule has 1 unspecified atom stereocenters. The second-order valence-corrected chi connectivity index (χ2v) is 8.18. The van der Waals surface area contributed by atoms with Crippen molar-refractivity contribution in [1.82, 2.24) is 15.1 Å². The van der Waals surface area contributed by atoms with Gasteiger partial charge in [-0.2, -0.15) is 0 Å². The summed E-state index contributed by atoms with van der Waals surface area (Å²) < 4.78 is 0. The van der Waals surface area contributed by atoms with Crippen LogP contribution >= 0.6 is 0 Å². The van der Waals surface area contributed by atoms with Crippen molar-refractivity contribution >= 4 is 17.8 Å². The third-order valence-corrected chi connectivity index (χ3v) is 6.18. The van der Waals surface area contributed by atoms with Crippen molar-refractivity contribution in [2.45, 2.75) is 58.0 Å². The lowest BCUT2D eigenvalue weighted by molar-refractivity contribution is -0.139. The fourth-order valence-corrected chi connectivity index (χ4v) is 4.24. The van der Waals surface area contributed by atoms with E-state index in [9.17, 15) is 14.4 Å². The maximum Gasteiger partial charge on any atom is 0.325 e. The van der Waals surface area contributed by atoms with E-state index in [1.54, 1.807) is 18.9 Å². The van der Waals surface area contributed by atoms with Gasteiger partial charge in [-0.3, -0.25) is 14.5 Å². The summed E-state index contributed by atoms with van der Waals surface area (Å²) in [5, 5.41) is 2.78. The van der Waals surface area contributed by atoms with Crippen molar-refractivity contribution in [2.75, 3.05) is 13.6 Å². The standard InChI is InChI=1S/C21H29N3O3/c1-14-9-11-16(12-10-14)23(4)18(25)13-24-19(26)21(3,22-20(24)27)17-8-6-5-7-15(17)2/h5-8,14,16H,9-13H2,1-4H3,(H,22,27). The highest BCUT2D eigenvalue weighted by Gasteiger charge is 2.50. The molecule has 1 heterocycles. The number of rotatable bonds is 4. The van der Waals surface area contributed by atoms with Gasteiger partial charge in [0.2, 0.25) is 5.91 Å². The Bertz CT molecular complexity index is 755. The van der Waals surface area contributed by atoms with Crippen molar-refractivity contribution in [3.05, 3.63) is 35.4 Å². The molecule has 1 N–H and O–H groups in total. The van der Waals surface area contributed by atoms with E-state index >= 15 is 0 Å². The average Bonchev–Trinajstić information content (AvgIpc) is 2.86. The fourth-order valence-electron chi connectivity index (χ4n) is 4.24. The molecule has 1 aliphatic heterocycles. The fraction of sp³-hybridized carbons (Fsp3) is 0.571. The molecule has 2 aliphatic rings. The Hall–Kier alpha value is -2.37. The zero-order valence-electron chi connectivity index (χ0n) is 16.6. The van der Waals surface area contributed by atoms with Crippen LogP contribution in [0, 0.1) is 12.8 Å². The monoisotopic (exact) mass is 371 g/mol. The summed E-state index contributed by atoms with van der Waals surface area (Å²) in [7, 11) is 1.78. The van der Waals surface area contributed by atoms with Crippen LogP contribution in [0.3, 0.4) is 0 Å². The number of carbonyl (C=O) groups is 3. The van der Waals surface area contributed by atoms with Crippen LogP contribution in [0.5, 0.6) is 0 Å². The molecule has 1 aliphatic carbocycles. The topological polar surface area (TPSA) is 69.7 Å². The van der Waals surface area contributed by atoms with E-state index in [4.69, 9.17) is 0 Å². The molecule has 27 heavy (non-hydrogen) atoms. The summed E-state index contributed by atoms with van der Waals surface area (Å²) in [6.07, 6.45) is 4.17. The highest BCUT2D eigenvalue weighted by Crippen LogP contribution is 2.31. The number of amides is 4. The van der Waals surface area contributed by atoms with E-state index in [1.807, 2.05) is 31.2 Å². The van der Waals surface area contributed by atoms with Crippen LogP contribution in [0.1, 0.15) is 50.7 Å². The smallest absolute Gasteiger partial charge is 0.325 e. The van der Waals surface area contributed by atoms with E-state index in [2.05, 4.69) is 12.2 Å². The first-order chi connectivity index (χ1) is 12.7. The van der Waals surface area contributed by atoms with Crippen molar-refractivity contribution in [3.8, 4) is 0 Å². The number of likely N-dealkylation sites (N-methyl/N-ethyl adjacent to an activating group) is 1. The van der Waals surface area contributed by atoms with Gasteiger partial charge in [0.05, 0.1) is 0 Å². The normalized spacial score (nSPS) is 28.2. The molecule has 1 saturated carbocycles. The Labute approximate surface area is 160 Å². The number of nitrogens with one attached hydrogen (secondary N) is 1. The maximum absolute atomic E-state index is 13.0. The Kier molecular flexibility index (Phi) is 5.27. The van der Waals surface area contributed by atoms with Crippen LogP contribution in [0.15, 0.2) is 24.3 Å². The quantitative estimate of drug-likeness (QED) is 0.828. The molecule has 1 aromatic carbocycles. The van der Waals surface area contributed by atoms with Gasteiger partial charge in [0.15, 0.2) is 0 Å². The minimum Gasteiger partial charge on any atom is -0.341 e. The first kappa shape index (κ1) is 19.4. The van der Waals surface area contributed by atoms with Crippen LogP contribution in [0.4, 0.5) is 4.79 Å². The highest BCUT2D eigenvalue weighted by atomic mass is 16.2. The number of imide groups is 1. The molecule has 0 aromatic heterocycles. The van der Waals surface area contributed by atoms with Crippen molar-refractivity contribution < 1.29 is 14.4 Å². The molecule has 6 nitrogen and oxygen atoms in total. The molecule has 0 radical (unpaired) electrons. The predicted molar refractivity (Wildman–Crippen MR) is 103 cm³/mol. The number of hydrogen-bond acceptors (Lipinski definition) is 3. The van der Waals surface area contributed by atoms with E-state index in [1.165, 1.54) is 0 Å². The zero-order valence-corrected chi connectivity index (χ0v) is 16.6. The second kappa shape index (κ2) is 7.33. The molecule has 6 heteroatoms. The van der Waals surface area contributed by atoms with Gasteiger partial charge in [-0.25, -0.2) is 4.79 Å². The number of nitrogens with zero attached hydrogens (tertiary/aromatic N) is 2. The maximum atomic E-state index is 13.0. The average molecular weight is 371 g/mol. The Morgan fingerprint density at radius 3 is 2.48 bits per heavy atom. The summed E-state index contributed by atoms with van der Waals surface area (Å²) in [6.45, 7) is 5.63. The van der Waals surface area contributed by atoms with E-state index in [-0.39, 0.29) is 24.4 Å². The van der Waals surface area contributed by atoms with Crippen LogP contribution in [0.25, 0.3) is 0 Å². The second-order valence-electron chi connectivity index (χ2n) is 8.18. The van der Waals surface area contributed by atoms with E-state index < -0.39 is 11.6 Å². The lowest BCUT2D eigenvalue weighted by Crippen LogP contribution is -2.47. The van der Waals surface area contributed by atoms with Gasteiger partial charge in [0.25, 0.3) is 5.91 Å². The van der Waals surface area contributed by atoms with Crippen molar-refractivity contribution in [3.63, 3.8) is 0 Å². The SMILES string of the molecule is Cc1ccccc1C1(C)NC(=O)N(CC(=O)N(C)C2CCC(C)CC2)C1=O. The third-order valence-electron chi connectivity index (χ3n) is 6.18. The molecule has 4 amide bonds. The summed E-state index contributed by atoms with van der Waals surface area (Å²) in [5.41, 5.74) is 0.546. The molecular weight excluding hydrogens is 342 g/mol. The van der Waals surface area contributed by atoms with Gasteiger partial charge in [0.1, 0.15) is 12.1 Å². The first-order valence-electron chi connectivity index (χ1n) is 9.70. The highest BCUT2D eigenvalue weighted by molar-refractivity contribution is 6.09. The molecule has 1 atom stereocenters. The molecular formula is C21H29N3O3.